The highest BCUT2D eigenvalue weighted by molar-refractivity contribution is 9.10. The van der Waals surface area contributed by atoms with Crippen LogP contribution in [0.1, 0.15) is 45.4 Å². The van der Waals surface area contributed by atoms with Crippen LogP contribution in [0.25, 0.3) is 0 Å². The van der Waals surface area contributed by atoms with Gasteiger partial charge in [-0.15, -0.1) is 0 Å². The Balaban J connectivity index is 2.07. The van der Waals surface area contributed by atoms with Crippen LogP contribution in [0, 0.1) is 0 Å². The summed E-state index contributed by atoms with van der Waals surface area (Å²) in [6.45, 7) is 1.51. The Kier molecular flexibility index (Phi) is 2.17. The van der Waals surface area contributed by atoms with Gasteiger partial charge in [-0.2, -0.15) is 0 Å². The van der Waals surface area contributed by atoms with Crippen LogP contribution in [0.5, 0.6) is 0 Å². The van der Waals surface area contributed by atoms with Crippen LogP contribution in [0.15, 0.2) is 0 Å². The van der Waals surface area contributed by atoms with Crippen molar-refractivity contribution in [1.29, 1.82) is 0 Å². The number of hydrogen-bond donors (Lipinski definition) is 0. The normalized spacial score (nSPS) is 43.2. The van der Waals surface area contributed by atoms with Crippen molar-refractivity contribution in [1.82, 2.24) is 0 Å². The Morgan fingerprint density at radius 3 is 2.00 bits per heavy atom. The Morgan fingerprint density at radius 2 is 1.62 bits per heavy atom. The van der Waals surface area contributed by atoms with Gasteiger partial charge < -0.3 is 4.74 Å². The molecule has 3 heteroatoms. The Hall–Kier alpha value is -0.0500. The first-order chi connectivity index (χ1) is 6.04. The molecule has 0 aromatic heterocycles. The maximum Gasteiger partial charge on any atom is 0.303 e. The van der Waals surface area contributed by atoms with Crippen LogP contribution in [-0.2, 0) is 9.53 Å². The second-order valence-corrected chi connectivity index (χ2v) is 6.11. The van der Waals surface area contributed by atoms with E-state index in [0.717, 1.165) is 38.5 Å². The zero-order valence-corrected chi connectivity index (χ0v) is 9.52. The van der Waals surface area contributed by atoms with Gasteiger partial charge in [0.15, 0.2) is 0 Å². The lowest BCUT2D eigenvalue weighted by molar-refractivity contribution is -0.166. The molecule has 3 aliphatic carbocycles. The molecule has 0 saturated heterocycles. The van der Waals surface area contributed by atoms with E-state index in [-0.39, 0.29) is 11.6 Å². The molecule has 74 valence electrons. The first-order valence-corrected chi connectivity index (χ1v) is 5.72. The largest absolute Gasteiger partial charge is 0.459 e. The minimum Gasteiger partial charge on any atom is -0.459 e. The van der Waals surface area contributed by atoms with Crippen LogP contribution in [0.3, 0.4) is 0 Å². The van der Waals surface area contributed by atoms with E-state index in [2.05, 4.69) is 15.9 Å². The number of rotatable bonds is 1. The molecular weight excluding hydrogens is 232 g/mol. The van der Waals surface area contributed by atoms with Crippen molar-refractivity contribution in [2.45, 2.75) is 55.4 Å². The van der Waals surface area contributed by atoms with Crippen molar-refractivity contribution in [2.24, 2.45) is 0 Å². The summed E-state index contributed by atoms with van der Waals surface area (Å²) in [6, 6.07) is 0. The molecule has 0 spiro atoms. The predicted octanol–water partition coefficient (Wildman–Crippen LogP) is 2.79. The summed E-state index contributed by atoms with van der Waals surface area (Å²) in [5.41, 5.74) is -0.0959. The lowest BCUT2D eigenvalue weighted by Crippen LogP contribution is -2.49. The molecule has 0 unspecified atom stereocenters. The number of halogens is 1. The second-order valence-electron chi connectivity index (χ2n) is 4.43. The third-order valence-electron chi connectivity index (χ3n) is 3.45. The fraction of sp³-hybridized carbons (Fsp3) is 0.900. The fourth-order valence-corrected chi connectivity index (χ4v) is 3.16. The molecule has 0 amide bonds. The molecule has 2 nitrogen and oxygen atoms in total. The highest BCUT2D eigenvalue weighted by Gasteiger charge is 2.49. The van der Waals surface area contributed by atoms with Gasteiger partial charge in [0.25, 0.3) is 0 Å². The molecule has 3 aliphatic rings. The number of ether oxygens (including phenoxy) is 1. The molecular formula is C10H15BrO2. The van der Waals surface area contributed by atoms with Crippen molar-refractivity contribution < 1.29 is 9.53 Å². The van der Waals surface area contributed by atoms with Crippen LogP contribution >= 0.6 is 15.9 Å². The number of hydrogen-bond acceptors (Lipinski definition) is 2. The van der Waals surface area contributed by atoms with Crippen LogP contribution in [0.2, 0.25) is 0 Å². The Bertz CT molecular complexity index is 213. The number of fused-ring (bicyclic) bond motifs is 3. The summed E-state index contributed by atoms with van der Waals surface area (Å²) >= 11 is 3.78. The van der Waals surface area contributed by atoms with E-state index in [1.807, 2.05) is 0 Å². The predicted molar refractivity (Wildman–Crippen MR) is 53.9 cm³/mol. The van der Waals surface area contributed by atoms with Gasteiger partial charge >= 0.3 is 5.97 Å². The number of carbonyl (C=O) groups excluding carboxylic acids is 1. The monoisotopic (exact) mass is 246 g/mol. The molecule has 2 bridgehead atoms. The first-order valence-electron chi connectivity index (χ1n) is 4.92. The van der Waals surface area contributed by atoms with Crippen molar-refractivity contribution >= 4 is 21.9 Å². The summed E-state index contributed by atoms with van der Waals surface area (Å²) < 4.78 is 5.82. The topological polar surface area (TPSA) is 26.3 Å². The van der Waals surface area contributed by atoms with E-state index < -0.39 is 0 Å². The molecule has 0 N–H and O–H groups in total. The zero-order chi connectivity index (χ0) is 9.53. The van der Waals surface area contributed by atoms with Crippen LogP contribution in [-0.4, -0.2) is 15.9 Å². The minimum absolute atomic E-state index is 0.0959. The van der Waals surface area contributed by atoms with Crippen molar-refractivity contribution in [3.63, 3.8) is 0 Å². The minimum atomic E-state index is -0.121. The quantitative estimate of drug-likeness (QED) is 0.526. The maximum atomic E-state index is 10.9. The molecule has 0 radical (unpaired) electrons. The summed E-state index contributed by atoms with van der Waals surface area (Å²) in [4.78, 5) is 10.9. The van der Waals surface area contributed by atoms with Crippen molar-refractivity contribution in [3.8, 4) is 0 Å². The average Bonchev–Trinajstić information content (AvgIpc) is 2.07. The number of esters is 1. The van der Waals surface area contributed by atoms with Gasteiger partial charge in [-0.3, -0.25) is 4.79 Å². The molecule has 0 atom stereocenters. The standard InChI is InChI=1S/C10H15BrO2/c1-8(12)13-10-5-2-9(11,3-6-10)4-7-10/h2-7H2,1H3. The molecule has 0 aromatic rings. The van der Waals surface area contributed by atoms with Gasteiger partial charge in [0.1, 0.15) is 5.60 Å². The van der Waals surface area contributed by atoms with Gasteiger partial charge in [-0.1, -0.05) is 15.9 Å². The smallest absolute Gasteiger partial charge is 0.303 e. The first kappa shape index (κ1) is 9.50. The summed E-state index contributed by atoms with van der Waals surface area (Å²) in [5, 5.41) is 0. The number of alkyl halides is 1. The summed E-state index contributed by atoms with van der Waals surface area (Å²) in [6.07, 6.45) is 6.58. The Morgan fingerprint density at radius 1 is 1.15 bits per heavy atom. The molecule has 0 aliphatic heterocycles. The summed E-state index contributed by atoms with van der Waals surface area (Å²) in [5.74, 6) is -0.121. The van der Waals surface area contributed by atoms with E-state index in [0.29, 0.717) is 4.32 Å². The van der Waals surface area contributed by atoms with Gasteiger partial charge in [-0.05, 0) is 38.5 Å². The lowest BCUT2D eigenvalue weighted by atomic mass is 9.67. The van der Waals surface area contributed by atoms with Gasteiger partial charge in [-0.25, -0.2) is 0 Å². The van der Waals surface area contributed by atoms with E-state index in [1.165, 1.54) is 6.92 Å². The SMILES string of the molecule is CC(=O)OC12CCC(Br)(CC1)CC2. The Labute approximate surface area is 87.2 Å². The summed E-state index contributed by atoms with van der Waals surface area (Å²) in [7, 11) is 0. The van der Waals surface area contributed by atoms with Crippen molar-refractivity contribution in [2.75, 3.05) is 0 Å². The van der Waals surface area contributed by atoms with Gasteiger partial charge in [0, 0.05) is 11.2 Å². The number of carbonyl (C=O) groups is 1. The highest BCUT2D eigenvalue weighted by Crippen LogP contribution is 2.52. The van der Waals surface area contributed by atoms with E-state index in [4.69, 9.17) is 4.74 Å². The lowest BCUT2D eigenvalue weighted by Gasteiger charge is -2.49. The van der Waals surface area contributed by atoms with Gasteiger partial charge in [0.05, 0.1) is 0 Å². The molecule has 0 aromatic carbocycles. The molecule has 13 heavy (non-hydrogen) atoms. The zero-order valence-electron chi connectivity index (χ0n) is 7.94. The molecule has 3 fully saturated rings. The third-order valence-corrected chi connectivity index (χ3v) is 4.64. The fourth-order valence-electron chi connectivity index (χ4n) is 2.56. The van der Waals surface area contributed by atoms with E-state index in [9.17, 15) is 4.79 Å². The molecule has 3 saturated carbocycles. The van der Waals surface area contributed by atoms with Crippen LogP contribution in [0.4, 0.5) is 0 Å². The second kappa shape index (κ2) is 2.97. The maximum absolute atomic E-state index is 10.9. The average molecular weight is 247 g/mol. The van der Waals surface area contributed by atoms with Crippen LogP contribution < -0.4 is 0 Å². The van der Waals surface area contributed by atoms with E-state index in [1.54, 1.807) is 0 Å². The third kappa shape index (κ3) is 1.76. The molecule has 3 rings (SSSR count). The van der Waals surface area contributed by atoms with Crippen molar-refractivity contribution in [3.05, 3.63) is 0 Å². The highest BCUT2D eigenvalue weighted by atomic mass is 79.9. The van der Waals surface area contributed by atoms with Gasteiger partial charge in [0.2, 0.25) is 0 Å². The molecule has 0 heterocycles. The van der Waals surface area contributed by atoms with E-state index >= 15 is 0 Å².